The van der Waals surface area contributed by atoms with Gasteiger partial charge in [-0.2, -0.15) is 0 Å². The minimum Gasteiger partial charge on any atom is -0.395 e. The lowest BCUT2D eigenvalue weighted by Gasteiger charge is -2.38. The van der Waals surface area contributed by atoms with E-state index >= 15 is 0 Å². The number of rotatable bonds is 4. The van der Waals surface area contributed by atoms with E-state index < -0.39 is 0 Å². The molecule has 2 atom stereocenters. The number of piperidine rings is 1. The van der Waals surface area contributed by atoms with Gasteiger partial charge in [-0.3, -0.25) is 9.80 Å². The molecular weight excluding hydrogens is 218 g/mol. The molecule has 5 heteroatoms. The molecule has 0 radical (unpaired) electrons. The number of hydrogen-bond donors (Lipinski definition) is 3. The largest absolute Gasteiger partial charge is 0.395 e. The molecule has 2 rings (SSSR count). The molecule has 0 aromatic heterocycles. The molecule has 2 aliphatic rings. The van der Waals surface area contributed by atoms with E-state index in [9.17, 15) is 5.11 Å². The third kappa shape index (κ3) is 3.89. The van der Waals surface area contributed by atoms with Gasteiger partial charge in [0.1, 0.15) is 0 Å². The third-order valence-electron chi connectivity index (χ3n) is 3.88. The highest BCUT2D eigenvalue weighted by atomic mass is 16.3. The summed E-state index contributed by atoms with van der Waals surface area (Å²) < 4.78 is 0. The van der Waals surface area contributed by atoms with Gasteiger partial charge in [0.05, 0.1) is 12.7 Å². The van der Waals surface area contributed by atoms with Crippen LogP contribution in [0.4, 0.5) is 0 Å². The zero-order chi connectivity index (χ0) is 12.1. The minimum atomic E-state index is -0.181. The van der Waals surface area contributed by atoms with E-state index in [2.05, 4.69) is 15.1 Å². The monoisotopic (exact) mass is 243 g/mol. The Labute approximate surface area is 103 Å². The van der Waals surface area contributed by atoms with Crippen molar-refractivity contribution in [1.29, 1.82) is 0 Å². The molecule has 0 bridgehead atoms. The van der Waals surface area contributed by atoms with E-state index in [0.29, 0.717) is 0 Å². The Morgan fingerprint density at radius 3 is 2.47 bits per heavy atom. The van der Waals surface area contributed by atoms with E-state index in [1.54, 1.807) is 0 Å². The average molecular weight is 243 g/mol. The quantitative estimate of drug-likeness (QED) is 0.573. The second-order valence-electron chi connectivity index (χ2n) is 5.14. The van der Waals surface area contributed by atoms with Crippen molar-refractivity contribution in [2.24, 2.45) is 0 Å². The standard InChI is InChI=1S/C12H25N3O2/c16-9-8-14-4-6-15(7-5-14)10-11-12(17)2-1-3-13-11/h11-13,16-17H,1-10H2. The van der Waals surface area contributed by atoms with E-state index in [0.717, 1.165) is 58.7 Å². The van der Waals surface area contributed by atoms with Crippen LogP contribution in [0.1, 0.15) is 12.8 Å². The molecule has 3 N–H and O–H groups in total. The van der Waals surface area contributed by atoms with Crippen molar-refractivity contribution < 1.29 is 10.2 Å². The van der Waals surface area contributed by atoms with Crippen molar-refractivity contribution in [3.8, 4) is 0 Å². The second-order valence-corrected chi connectivity index (χ2v) is 5.14. The number of nitrogens with zero attached hydrogens (tertiary/aromatic N) is 2. The van der Waals surface area contributed by atoms with Crippen LogP contribution in [0, 0.1) is 0 Å². The van der Waals surface area contributed by atoms with Crippen LogP contribution in [-0.4, -0.2) is 84.6 Å². The van der Waals surface area contributed by atoms with Gasteiger partial charge in [0.2, 0.25) is 0 Å². The maximum Gasteiger partial charge on any atom is 0.0706 e. The van der Waals surface area contributed by atoms with Crippen LogP contribution < -0.4 is 5.32 Å². The molecule has 0 saturated carbocycles. The molecule has 2 unspecified atom stereocenters. The van der Waals surface area contributed by atoms with Gasteiger partial charge in [0.15, 0.2) is 0 Å². The number of nitrogens with one attached hydrogen (secondary N) is 1. The van der Waals surface area contributed by atoms with Crippen LogP contribution in [0.3, 0.4) is 0 Å². The van der Waals surface area contributed by atoms with Crippen LogP contribution in [0.5, 0.6) is 0 Å². The predicted molar refractivity (Wildman–Crippen MR) is 67.0 cm³/mol. The molecule has 2 saturated heterocycles. The van der Waals surface area contributed by atoms with Gasteiger partial charge in [-0.25, -0.2) is 0 Å². The molecule has 0 aliphatic carbocycles. The molecule has 0 spiro atoms. The third-order valence-corrected chi connectivity index (χ3v) is 3.88. The summed E-state index contributed by atoms with van der Waals surface area (Å²) in [7, 11) is 0. The van der Waals surface area contributed by atoms with E-state index in [-0.39, 0.29) is 18.8 Å². The number of aliphatic hydroxyl groups excluding tert-OH is 2. The zero-order valence-corrected chi connectivity index (χ0v) is 10.5. The average Bonchev–Trinajstić information content (AvgIpc) is 2.35. The van der Waals surface area contributed by atoms with Crippen LogP contribution in [0.25, 0.3) is 0 Å². The summed E-state index contributed by atoms with van der Waals surface area (Å²) in [6.07, 6.45) is 1.84. The zero-order valence-electron chi connectivity index (χ0n) is 10.5. The fourth-order valence-electron chi connectivity index (χ4n) is 2.74. The Bertz CT molecular complexity index is 220. The molecule has 0 aromatic rings. The maximum atomic E-state index is 9.90. The van der Waals surface area contributed by atoms with Crippen LogP contribution in [0.2, 0.25) is 0 Å². The first-order valence-electron chi connectivity index (χ1n) is 6.76. The van der Waals surface area contributed by atoms with Crippen molar-refractivity contribution in [2.75, 3.05) is 52.4 Å². The van der Waals surface area contributed by atoms with E-state index in [1.807, 2.05) is 0 Å². The Balaban J connectivity index is 1.70. The topological polar surface area (TPSA) is 59.0 Å². The molecule has 2 fully saturated rings. The lowest BCUT2D eigenvalue weighted by atomic mass is 10.0. The molecule has 17 heavy (non-hydrogen) atoms. The number of piperazine rings is 1. The predicted octanol–water partition coefficient (Wildman–Crippen LogP) is -1.29. The SMILES string of the molecule is OCCN1CCN(CC2NCCCC2O)CC1. The molecular formula is C12H25N3O2. The first-order chi connectivity index (χ1) is 8.29. The van der Waals surface area contributed by atoms with Crippen molar-refractivity contribution in [2.45, 2.75) is 25.0 Å². The lowest BCUT2D eigenvalue weighted by molar-refractivity contribution is 0.0539. The molecule has 0 amide bonds. The summed E-state index contributed by atoms with van der Waals surface area (Å²) in [5, 5.41) is 22.2. The van der Waals surface area contributed by atoms with Gasteiger partial charge in [-0.05, 0) is 19.4 Å². The molecule has 2 aliphatic heterocycles. The highest BCUT2D eigenvalue weighted by molar-refractivity contribution is 4.85. The van der Waals surface area contributed by atoms with Crippen LogP contribution in [0.15, 0.2) is 0 Å². The normalized spacial score (nSPS) is 32.8. The lowest BCUT2D eigenvalue weighted by Crippen LogP contribution is -2.55. The van der Waals surface area contributed by atoms with E-state index in [1.165, 1.54) is 0 Å². The van der Waals surface area contributed by atoms with Crippen molar-refractivity contribution in [1.82, 2.24) is 15.1 Å². The van der Waals surface area contributed by atoms with Gasteiger partial charge >= 0.3 is 0 Å². The molecule has 100 valence electrons. The summed E-state index contributed by atoms with van der Waals surface area (Å²) in [6.45, 7) is 7.18. The summed E-state index contributed by atoms with van der Waals surface area (Å²) in [6, 6.07) is 0.244. The van der Waals surface area contributed by atoms with Gasteiger partial charge < -0.3 is 15.5 Å². The molecule has 5 nitrogen and oxygen atoms in total. The van der Waals surface area contributed by atoms with Crippen molar-refractivity contribution in [3.05, 3.63) is 0 Å². The van der Waals surface area contributed by atoms with Crippen molar-refractivity contribution in [3.63, 3.8) is 0 Å². The molecule has 2 heterocycles. The van der Waals surface area contributed by atoms with Crippen molar-refractivity contribution >= 4 is 0 Å². The Morgan fingerprint density at radius 2 is 1.82 bits per heavy atom. The van der Waals surface area contributed by atoms with Gasteiger partial charge in [-0.1, -0.05) is 0 Å². The highest BCUT2D eigenvalue weighted by Gasteiger charge is 2.26. The summed E-state index contributed by atoms with van der Waals surface area (Å²) >= 11 is 0. The summed E-state index contributed by atoms with van der Waals surface area (Å²) in [5.74, 6) is 0. The van der Waals surface area contributed by atoms with Gasteiger partial charge in [-0.15, -0.1) is 0 Å². The summed E-state index contributed by atoms with van der Waals surface area (Å²) in [4.78, 5) is 4.71. The number of β-amino-alcohol motifs (C(OH)–C–C–N with tert-alkyl or cyclic N) is 1. The Hall–Kier alpha value is -0.200. The fraction of sp³-hybridized carbons (Fsp3) is 1.00. The number of hydrogen-bond acceptors (Lipinski definition) is 5. The summed E-state index contributed by atoms with van der Waals surface area (Å²) in [5.41, 5.74) is 0. The van der Waals surface area contributed by atoms with Gasteiger partial charge in [0, 0.05) is 45.3 Å². The Kier molecular flexibility index (Phi) is 5.18. The minimum absolute atomic E-state index is 0.181. The van der Waals surface area contributed by atoms with Gasteiger partial charge in [0.25, 0.3) is 0 Å². The van der Waals surface area contributed by atoms with E-state index in [4.69, 9.17) is 5.11 Å². The fourth-order valence-corrected chi connectivity index (χ4v) is 2.74. The smallest absolute Gasteiger partial charge is 0.0706 e. The Morgan fingerprint density at radius 1 is 1.12 bits per heavy atom. The first-order valence-corrected chi connectivity index (χ1v) is 6.76. The first kappa shape index (κ1) is 13.2. The number of aliphatic hydroxyl groups is 2. The second kappa shape index (κ2) is 6.66. The highest BCUT2D eigenvalue weighted by Crippen LogP contribution is 2.11. The van der Waals surface area contributed by atoms with Crippen LogP contribution >= 0.6 is 0 Å². The molecule has 0 aromatic carbocycles. The van der Waals surface area contributed by atoms with Crippen LogP contribution in [-0.2, 0) is 0 Å². The maximum absolute atomic E-state index is 9.90.